The summed E-state index contributed by atoms with van der Waals surface area (Å²) in [6, 6.07) is 0. The van der Waals surface area contributed by atoms with Gasteiger partial charge in [0.1, 0.15) is 6.10 Å². The van der Waals surface area contributed by atoms with Gasteiger partial charge in [-0.25, -0.2) is 0 Å². The van der Waals surface area contributed by atoms with Gasteiger partial charge in [-0.05, 0) is 94.8 Å². The molecule has 0 bridgehead atoms. The first-order valence-electron chi connectivity index (χ1n) is 16.5. The Bertz CT molecular complexity index is 901. The predicted octanol–water partition coefficient (Wildman–Crippen LogP) is 10.1. The smallest absolute Gasteiger partial charge is 0.305 e. The Labute approximate surface area is 258 Å². The summed E-state index contributed by atoms with van der Waals surface area (Å²) in [5, 5.41) is 0. The minimum atomic E-state index is -0.292. The molecule has 0 amide bonds. The third kappa shape index (κ3) is 31.5. The average Bonchev–Trinajstić information content (AvgIpc) is 2.97. The molecule has 0 rings (SSSR count). The lowest BCUT2D eigenvalue weighted by molar-refractivity contribution is -0.145. The minimum absolute atomic E-state index is 0.0748. The average molecular weight is 579 g/mol. The zero-order valence-corrected chi connectivity index (χ0v) is 27.0. The van der Waals surface area contributed by atoms with Gasteiger partial charge in [0.15, 0.2) is 0 Å². The molecule has 0 heterocycles. The lowest BCUT2D eigenvalue weighted by atomic mass is 10.1. The van der Waals surface area contributed by atoms with Crippen LogP contribution in [0.1, 0.15) is 143 Å². The van der Waals surface area contributed by atoms with E-state index in [-0.39, 0.29) is 18.0 Å². The summed E-state index contributed by atoms with van der Waals surface area (Å²) in [4.78, 5) is 23.3. The molecule has 0 unspecified atom stereocenters. The number of allylic oxidation sites excluding steroid dienone is 7. The van der Waals surface area contributed by atoms with Gasteiger partial charge >= 0.3 is 11.9 Å². The Hall–Kier alpha value is -2.98. The molecule has 4 heteroatoms. The summed E-state index contributed by atoms with van der Waals surface area (Å²) >= 11 is 0. The molecule has 0 aliphatic carbocycles. The second kappa shape index (κ2) is 32.5. The quantitative estimate of drug-likeness (QED) is 0.0468. The Morgan fingerprint density at radius 2 is 1.31 bits per heavy atom. The molecule has 0 radical (unpaired) electrons. The summed E-state index contributed by atoms with van der Waals surface area (Å²) in [5.74, 6) is 10.7. The van der Waals surface area contributed by atoms with Crippen LogP contribution in [0.3, 0.4) is 0 Å². The molecule has 42 heavy (non-hydrogen) atoms. The van der Waals surface area contributed by atoms with E-state index in [1.165, 1.54) is 64.7 Å². The molecule has 0 fully saturated rings. The van der Waals surface area contributed by atoms with E-state index in [2.05, 4.69) is 54.9 Å². The highest BCUT2D eigenvalue weighted by Gasteiger charge is 2.08. The van der Waals surface area contributed by atoms with Crippen molar-refractivity contribution in [3.8, 4) is 23.7 Å². The van der Waals surface area contributed by atoms with E-state index in [1.807, 2.05) is 19.1 Å². The standard InChI is InChI=1S/C38H58O4/c1-4-6-8-10-12-13-14-15-16-17-18-19-20-22-27-31-35-41-38(40)34-30-26-23-25-29-33-37(42-36(3)39)32-28-24-21-11-9-7-5-2/h5,7,12-13,15-16,28,32,37H,4,6,8,10,14,17-20,22-23,25-27,29-31,33-35H2,1-3H3/b7-5-,13-12-,16-15-,32-28+/t37-/m0/s1. The molecule has 0 spiro atoms. The first-order valence-corrected chi connectivity index (χ1v) is 16.5. The first kappa shape index (κ1) is 39.0. The van der Waals surface area contributed by atoms with Crippen LogP contribution in [0.2, 0.25) is 0 Å². The fourth-order valence-electron chi connectivity index (χ4n) is 4.30. The maximum absolute atomic E-state index is 12.0. The highest BCUT2D eigenvalue weighted by atomic mass is 16.5. The molecular formula is C38H58O4. The lowest BCUT2D eigenvalue weighted by Crippen LogP contribution is -2.13. The molecule has 0 aromatic carbocycles. The van der Waals surface area contributed by atoms with Crippen LogP contribution in [0.5, 0.6) is 0 Å². The van der Waals surface area contributed by atoms with Crippen molar-refractivity contribution in [2.24, 2.45) is 0 Å². The van der Waals surface area contributed by atoms with Crippen LogP contribution in [0.25, 0.3) is 0 Å². The van der Waals surface area contributed by atoms with Crippen molar-refractivity contribution in [1.82, 2.24) is 0 Å². The molecule has 0 aliphatic heterocycles. The van der Waals surface area contributed by atoms with E-state index >= 15 is 0 Å². The van der Waals surface area contributed by atoms with Gasteiger partial charge in [-0.1, -0.05) is 107 Å². The number of rotatable bonds is 25. The van der Waals surface area contributed by atoms with E-state index < -0.39 is 0 Å². The summed E-state index contributed by atoms with van der Waals surface area (Å²) in [5.41, 5.74) is 0. The number of esters is 2. The molecule has 0 N–H and O–H groups in total. The number of hydrogen-bond acceptors (Lipinski definition) is 4. The number of carbonyl (C=O) groups excluding carboxylic acids is 2. The predicted molar refractivity (Wildman–Crippen MR) is 178 cm³/mol. The Kier molecular flexibility index (Phi) is 30.2. The molecular weight excluding hydrogens is 520 g/mol. The number of ether oxygens (including phenoxy) is 2. The molecule has 4 nitrogen and oxygen atoms in total. The van der Waals surface area contributed by atoms with Crippen molar-refractivity contribution in [3.05, 3.63) is 48.6 Å². The summed E-state index contributed by atoms with van der Waals surface area (Å²) < 4.78 is 10.8. The fraction of sp³-hybridized carbons (Fsp3) is 0.632. The van der Waals surface area contributed by atoms with E-state index in [4.69, 9.17) is 9.47 Å². The van der Waals surface area contributed by atoms with Crippen LogP contribution in [0.15, 0.2) is 48.6 Å². The van der Waals surface area contributed by atoms with Crippen LogP contribution in [-0.2, 0) is 19.1 Å². The molecule has 0 aromatic heterocycles. The van der Waals surface area contributed by atoms with Crippen LogP contribution >= 0.6 is 0 Å². The molecule has 1 atom stereocenters. The van der Waals surface area contributed by atoms with Crippen molar-refractivity contribution in [2.75, 3.05) is 6.61 Å². The molecule has 234 valence electrons. The van der Waals surface area contributed by atoms with Crippen molar-refractivity contribution in [2.45, 2.75) is 149 Å². The number of unbranched alkanes of at least 4 members (excludes halogenated alkanes) is 13. The first-order chi connectivity index (χ1) is 20.6. The van der Waals surface area contributed by atoms with Gasteiger partial charge in [-0.15, -0.1) is 0 Å². The molecule has 0 aromatic rings. The van der Waals surface area contributed by atoms with E-state index in [0.717, 1.165) is 57.8 Å². The van der Waals surface area contributed by atoms with Crippen molar-refractivity contribution in [3.63, 3.8) is 0 Å². The highest BCUT2D eigenvalue weighted by molar-refractivity contribution is 5.69. The lowest BCUT2D eigenvalue weighted by Gasteiger charge is -2.12. The number of hydrogen-bond donors (Lipinski definition) is 0. The largest absolute Gasteiger partial charge is 0.466 e. The van der Waals surface area contributed by atoms with Gasteiger partial charge < -0.3 is 9.47 Å². The van der Waals surface area contributed by atoms with Gasteiger partial charge in [-0.2, -0.15) is 0 Å². The highest BCUT2D eigenvalue weighted by Crippen LogP contribution is 2.13. The Morgan fingerprint density at radius 1 is 0.714 bits per heavy atom. The second-order valence-corrected chi connectivity index (χ2v) is 10.7. The van der Waals surface area contributed by atoms with Gasteiger partial charge in [0.2, 0.25) is 0 Å². The topological polar surface area (TPSA) is 52.6 Å². The van der Waals surface area contributed by atoms with Gasteiger partial charge in [-0.3, -0.25) is 9.59 Å². The van der Waals surface area contributed by atoms with Crippen molar-refractivity contribution >= 4 is 11.9 Å². The van der Waals surface area contributed by atoms with Crippen LogP contribution < -0.4 is 0 Å². The van der Waals surface area contributed by atoms with Crippen molar-refractivity contribution in [1.29, 1.82) is 0 Å². The third-order valence-electron chi connectivity index (χ3n) is 6.65. The van der Waals surface area contributed by atoms with Crippen LogP contribution in [0, 0.1) is 23.7 Å². The molecule has 0 saturated carbocycles. The Balaban J connectivity index is 3.66. The zero-order valence-electron chi connectivity index (χ0n) is 27.0. The monoisotopic (exact) mass is 578 g/mol. The third-order valence-corrected chi connectivity index (χ3v) is 6.65. The number of carbonyl (C=O) groups is 2. The zero-order chi connectivity index (χ0) is 30.8. The van der Waals surface area contributed by atoms with Crippen LogP contribution in [-0.4, -0.2) is 24.6 Å². The summed E-state index contributed by atoms with van der Waals surface area (Å²) in [6.45, 7) is 6.12. The summed E-state index contributed by atoms with van der Waals surface area (Å²) in [7, 11) is 0. The normalized spacial score (nSPS) is 12.0. The second-order valence-electron chi connectivity index (χ2n) is 10.7. The van der Waals surface area contributed by atoms with E-state index in [0.29, 0.717) is 13.0 Å². The van der Waals surface area contributed by atoms with Gasteiger partial charge in [0, 0.05) is 13.3 Å². The minimum Gasteiger partial charge on any atom is -0.466 e. The maximum Gasteiger partial charge on any atom is 0.305 e. The van der Waals surface area contributed by atoms with E-state index in [9.17, 15) is 9.59 Å². The van der Waals surface area contributed by atoms with E-state index in [1.54, 1.807) is 12.2 Å². The van der Waals surface area contributed by atoms with Gasteiger partial charge in [0.05, 0.1) is 6.61 Å². The SMILES string of the molecule is C/C=C\C#CC#C/C=C/[C@@H](CCCCCCCC(=O)OCCCCCCCC/C=C\C/C=C\CCCCC)OC(C)=O. The molecule has 0 aliphatic rings. The Morgan fingerprint density at radius 3 is 1.98 bits per heavy atom. The fourth-order valence-corrected chi connectivity index (χ4v) is 4.30. The van der Waals surface area contributed by atoms with Crippen LogP contribution in [0.4, 0.5) is 0 Å². The maximum atomic E-state index is 12.0. The summed E-state index contributed by atoms with van der Waals surface area (Å²) in [6.07, 6.45) is 36.7. The van der Waals surface area contributed by atoms with Gasteiger partial charge in [0.25, 0.3) is 0 Å². The van der Waals surface area contributed by atoms with Crippen molar-refractivity contribution < 1.29 is 19.1 Å². The molecule has 0 saturated heterocycles.